The number of aryl methyl sites for hydroxylation is 2. The first-order valence-electron chi connectivity index (χ1n) is 7.13. The van der Waals surface area contributed by atoms with Crippen LogP contribution in [-0.2, 0) is 0 Å². The third-order valence-corrected chi connectivity index (χ3v) is 4.02. The Kier molecular flexibility index (Phi) is 4.25. The molecule has 3 aromatic rings. The molecule has 3 N–H and O–H groups in total. The fraction of sp³-hybridized carbons (Fsp3) is 0.118. The van der Waals surface area contributed by atoms with Crippen LogP contribution in [0.1, 0.15) is 11.4 Å². The molecule has 0 aliphatic rings. The minimum absolute atomic E-state index is 0.252. The standard InChI is InChI=1S/C17H16BrN5/c1-10-9-11(2)21-17(20-10)23-16(19)22-15-8-7-14(18)12-5-3-4-6-13(12)15/h3-9H,1-2H3,(H3,19,20,21,22,23). The van der Waals surface area contributed by atoms with Crippen LogP contribution in [0.4, 0.5) is 11.6 Å². The number of nitrogens with zero attached hydrogens (tertiary/aromatic N) is 3. The monoisotopic (exact) mass is 369 g/mol. The molecule has 1 heterocycles. The lowest BCUT2D eigenvalue weighted by molar-refractivity contribution is 1.04. The number of anilines is 1. The molecule has 0 unspecified atom stereocenters. The van der Waals surface area contributed by atoms with Crippen LogP contribution in [0.15, 0.2) is 51.9 Å². The number of hydrogen-bond acceptors (Lipinski definition) is 3. The van der Waals surface area contributed by atoms with E-state index >= 15 is 0 Å². The summed E-state index contributed by atoms with van der Waals surface area (Å²) in [6.07, 6.45) is 0. The molecule has 0 amide bonds. The second kappa shape index (κ2) is 6.34. The van der Waals surface area contributed by atoms with Gasteiger partial charge in [-0.2, -0.15) is 4.99 Å². The predicted octanol–water partition coefficient (Wildman–Crippen LogP) is 4.07. The van der Waals surface area contributed by atoms with E-state index in [9.17, 15) is 0 Å². The maximum atomic E-state index is 6.01. The molecule has 0 atom stereocenters. The predicted molar refractivity (Wildman–Crippen MR) is 98.1 cm³/mol. The highest BCUT2D eigenvalue weighted by atomic mass is 79.9. The van der Waals surface area contributed by atoms with E-state index in [-0.39, 0.29) is 5.96 Å². The van der Waals surface area contributed by atoms with Crippen LogP contribution in [0.3, 0.4) is 0 Å². The lowest BCUT2D eigenvalue weighted by Gasteiger charge is -2.10. The van der Waals surface area contributed by atoms with Crippen LogP contribution in [0, 0.1) is 13.8 Å². The number of aliphatic imine (C=N–C) groups is 1. The molecule has 2 aromatic carbocycles. The molecular formula is C17H16BrN5. The van der Waals surface area contributed by atoms with Crippen molar-refractivity contribution in [1.29, 1.82) is 0 Å². The molecule has 0 radical (unpaired) electrons. The van der Waals surface area contributed by atoms with Gasteiger partial charge in [0.15, 0.2) is 0 Å². The van der Waals surface area contributed by atoms with Crippen molar-refractivity contribution in [3.05, 3.63) is 58.3 Å². The fourth-order valence-corrected chi connectivity index (χ4v) is 2.88. The van der Waals surface area contributed by atoms with E-state index in [1.54, 1.807) is 0 Å². The van der Waals surface area contributed by atoms with E-state index in [4.69, 9.17) is 5.73 Å². The number of benzene rings is 2. The van der Waals surface area contributed by atoms with Crippen molar-refractivity contribution in [2.24, 2.45) is 10.7 Å². The quantitative estimate of drug-likeness (QED) is 0.527. The molecule has 116 valence electrons. The molecule has 0 saturated heterocycles. The van der Waals surface area contributed by atoms with Gasteiger partial charge in [-0.1, -0.05) is 40.2 Å². The van der Waals surface area contributed by atoms with Crippen molar-refractivity contribution in [3.8, 4) is 0 Å². The van der Waals surface area contributed by atoms with Gasteiger partial charge in [-0.05, 0) is 37.4 Å². The first kappa shape index (κ1) is 15.4. The summed E-state index contributed by atoms with van der Waals surface area (Å²) in [5, 5.41) is 5.29. The average Bonchev–Trinajstić information content (AvgIpc) is 2.49. The van der Waals surface area contributed by atoms with E-state index in [0.29, 0.717) is 5.95 Å². The molecule has 6 heteroatoms. The largest absolute Gasteiger partial charge is 0.369 e. The van der Waals surface area contributed by atoms with Crippen LogP contribution in [0.5, 0.6) is 0 Å². The van der Waals surface area contributed by atoms with Gasteiger partial charge in [-0.25, -0.2) is 9.97 Å². The Balaban J connectivity index is 1.95. The van der Waals surface area contributed by atoms with Gasteiger partial charge >= 0.3 is 0 Å². The molecule has 23 heavy (non-hydrogen) atoms. The van der Waals surface area contributed by atoms with Gasteiger partial charge in [0, 0.05) is 26.9 Å². The summed E-state index contributed by atoms with van der Waals surface area (Å²) in [4.78, 5) is 12.8. The van der Waals surface area contributed by atoms with Gasteiger partial charge in [0.05, 0.1) is 0 Å². The van der Waals surface area contributed by atoms with Gasteiger partial charge in [-0.15, -0.1) is 0 Å². The summed E-state index contributed by atoms with van der Waals surface area (Å²) in [7, 11) is 0. The third-order valence-electron chi connectivity index (χ3n) is 3.32. The summed E-state index contributed by atoms with van der Waals surface area (Å²) >= 11 is 3.56. The molecule has 0 spiro atoms. The maximum Gasteiger partial charge on any atom is 0.253 e. The SMILES string of the molecule is Cc1cc(C)nc(/N=C(\N)Nc2ccc(Br)c3ccccc23)n1. The van der Waals surface area contributed by atoms with E-state index in [1.807, 2.05) is 56.3 Å². The van der Waals surface area contributed by atoms with Gasteiger partial charge in [0.2, 0.25) is 5.96 Å². The number of guanidine groups is 1. The molecule has 0 aliphatic heterocycles. The zero-order valence-corrected chi connectivity index (χ0v) is 14.4. The van der Waals surface area contributed by atoms with Crippen molar-refractivity contribution in [2.75, 3.05) is 5.32 Å². The van der Waals surface area contributed by atoms with Crippen LogP contribution in [0.25, 0.3) is 10.8 Å². The molecule has 0 fully saturated rings. The van der Waals surface area contributed by atoms with Gasteiger partial charge < -0.3 is 11.1 Å². The Morgan fingerprint density at radius 2 is 1.70 bits per heavy atom. The summed E-state index contributed by atoms with van der Waals surface area (Å²) in [6.45, 7) is 3.80. The third kappa shape index (κ3) is 3.48. The highest BCUT2D eigenvalue weighted by Crippen LogP contribution is 2.29. The summed E-state index contributed by atoms with van der Waals surface area (Å²) in [5.74, 6) is 0.608. The number of hydrogen-bond donors (Lipinski definition) is 2. The van der Waals surface area contributed by atoms with E-state index in [1.165, 1.54) is 0 Å². The number of fused-ring (bicyclic) bond motifs is 1. The van der Waals surface area contributed by atoms with E-state index < -0.39 is 0 Å². The minimum Gasteiger partial charge on any atom is -0.369 e. The van der Waals surface area contributed by atoms with Gasteiger partial charge in [0.25, 0.3) is 5.95 Å². The molecule has 0 bridgehead atoms. The van der Waals surface area contributed by atoms with Gasteiger partial charge in [0.1, 0.15) is 0 Å². The van der Waals surface area contributed by atoms with Crippen molar-refractivity contribution in [2.45, 2.75) is 13.8 Å². The molecule has 0 aliphatic carbocycles. The Labute approximate surface area is 142 Å². The molecule has 3 rings (SSSR count). The van der Waals surface area contributed by atoms with Crippen molar-refractivity contribution in [1.82, 2.24) is 9.97 Å². The molecular weight excluding hydrogens is 354 g/mol. The fourth-order valence-electron chi connectivity index (χ4n) is 2.40. The second-order valence-corrected chi connectivity index (χ2v) is 6.07. The van der Waals surface area contributed by atoms with Crippen molar-refractivity contribution in [3.63, 3.8) is 0 Å². The minimum atomic E-state index is 0.252. The lowest BCUT2D eigenvalue weighted by atomic mass is 10.1. The number of halogens is 1. The molecule has 5 nitrogen and oxygen atoms in total. The second-order valence-electron chi connectivity index (χ2n) is 5.21. The lowest BCUT2D eigenvalue weighted by Crippen LogP contribution is -2.22. The number of nitrogens with one attached hydrogen (secondary N) is 1. The molecule has 0 saturated carbocycles. The van der Waals surface area contributed by atoms with Crippen LogP contribution in [0.2, 0.25) is 0 Å². The average molecular weight is 370 g/mol. The number of aromatic nitrogens is 2. The highest BCUT2D eigenvalue weighted by molar-refractivity contribution is 9.10. The summed E-state index contributed by atoms with van der Waals surface area (Å²) < 4.78 is 1.03. The van der Waals surface area contributed by atoms with Crippen LogP contribution >= 0.6 is 15.9 Å². The number of nitrogens with two attached hydrogens (primary N) is 1. The summed E-state index contributed by atoms with van der Waals surface area (Å²) in [6, 6.07) is 13.9. The topological polar surface area (TPSA) is 76.2 Å². The zero-order chi connectivity index (χ0) is 16.4. The van der Waals surface area contributed by atoms with Crippen molar-refractivity contribution < 1.29 is 0 Å². The first-order chi connectivity index (χ1) is 11.0. The Morgan fingerprint density at radius 3 is 2.39 bits per heavy atom. The zero-order valence-electron chi connectivity index (χ0n) is 12.8. The van der Waals surface area contributed by atoms with Crippen LogP contribution in [-0.4, -0.2) is 15.9 Å². The Hall–Kier alpha value is -2.47. The maximum absolute atomic E-state index is 6.01. The van der Waals surface area contributed by atoms with Crippen molar-refractivity contribution >= 4 is 44.3 Å². The summed E-state index contributed by atoms with van der Waals surface area (Å²) in [5.41, 5.74) is 8.62. The Bertz CT molecular complexity index is 884. The van der Waals surface area contributed by atoms with Gasteiger partial charge in [-0.3, -0.25) is 0 Å². The van der Waals surface area contributed by atoms with E-state index in [2.05, 4.69) is 36.2 Å². The normalized spacial score (nSPS) is 11.7. The Morgan fingerprint density at radius 1 is 1.04 bits per heavy atom. The molecule has 1 aromatic heterocycles. The number of rotatable bonds is 2. The smallest absolute Gasteiger partial charge is 0.253 e. The highest BCUT2D eigenvalue weighted by Gasteiger charge is 2.06. The van der Waals surface area contributed by atoms with E-state index in [0.717, 1.165) is 32.3 Å². The first-order valence-corrected chi connectivity index (χ1v) is 7.93. The van der Waals surface area contributed by atoms with Crippen LogP contribution < -0.4 is 11.1 Å².